The Morgan fingerprint density at radius 1 is 1.11 bits per heavy atom. The van der Waals surface area contributed by atoms with Crippen molar-refractivity contribution in [3.05, 3.63) is 47.7 Å². The van der Waals surface area contributed by atoms with Crippen molar-refractivity contribution in [3.8, 4) is 35.4 Å². The highest BCUT2D eigenvalue weighted by molar-refractivity contribution is 6.03. The maximum atomic E-state index is 16.9. The Kier molecular flexibility index (Phi) is 8.11. The van der Waals surface area contributed by atoms with Crippen LogP contribution in [0.25, 0.3) is 32.9 Å². The van der Waals surface area contributed by atoms with Gasteiger partial charge in [-0.05, 0) is 69.2 Å². The molecule has 3 aliphatic heterocycles. The predicted octanol–water partition coefficient (Wildman–Crippen LogP) is 6.42. The average molecular weight is 632 g/mol. The maximum Gasteiger partial charge on any atom is 0.319 e. The molecule has 0 radical (unpaired) electrons. The van der Waals surface area contributed by atoms with Crippen molar-refractivity contribution in [2.24, 2.45) is 0 Å². The number of nitrogens with zero attached hydrogens (tertiary/aromatic N) is 5. The summed E-state index contributed by atoms with van der Waals surface area (Å²) in [6.07, 6.45) is 11.6. The van der Waals surface area contributed by atoms with Gasteiger partial charge in [-0.15, -0.1) is 6.42 Å². The molecule has 2 aromatic carbocycles. The molecule has 0 amide bonds. The highest BCUT2D eigenvalue weighted by atomic mass is 19.1. The standard InChI is InChI=1S/C35H36F3N5O3/c1-4-25-28(37)10-9-22-14-24(46-20-44-3)15-26(29(22)25)31-30(38)32-27(17-39-31)33(43-13-6-5-8-21(43)2)41-34(40-32)45-19-35-11-7-12-42(35)18-23(36)16-35/h1,9-10,14-15,17,21,23H,5-8,11-13,16,18-20H2,2-3H3/t21-,23+,35-/m0/s1. The van der Waals surface area contributed by atoms with Gasteiger partial charge < -0.3 is 19.1 Å². The molecule has 2 aromatic heterocycles. The van der Waals surface area contributed by atoms with Gasteiger partial charge >= 0.3 is 6.01 Å². The van der Waals surface area contributed by atoms with Gasteiger partial charge in [-0.25, -0.2) is 13.2 Å². The third kappa shape index (κ3) is 5.27. The van der Waals surface area contributed by atoms with Crippen LogP contribution in [0.2, 0.25) is 0 Å². The lowest BCUT2D eigenvalue weighted by Gasteiger charge is -2.35. The fraction of sp³-hybridized carbons (Fsp3) is 0.457. The number of ether oxygens (including phenoxy) is 3. The molecule has 46 heavy (non-hydrogen) atoms. The molecule has 4 aromatic rings. The largest absolute Gasteiger partial charge is 0.468 e. The van der Waals surface area contributed by atoms with E-state index in [2.05, 4.69) is 32.6 Å². The van der Waals surface area contributed by atoms with Crippen molar-refractivity contribution in [2.75, 3.05) is 45.0 Å². The first-order chi connectivity index (χ1) is 22.3. The second kappa shape index (κ2) is 12.2. The Bertz CT molecular complexity index is 1850. The zero-order valence-corrected chi connectivity index (χ0v) is 26.0. The van der Waals surface area contributed by atoms with E-state index in [1.54, 1.807) is 24.4 Å². The molecule has 0 spiro atoms. The van der Waals surface area contributed by atoms with Crippen molar-refractivity contribution < 1.29 is 27.4 Å². The Labute approximate surface area is 265 Å². The van der Waals surface area contributed by atoms with E-state index in [0.29, 0.717) is 40.7 Å². The van der Waals surface area contributed by atoms with Crippen LogP contribution in [0.4, 0.5) is 19.0 Å². The smallest absolute Gasteiger partial charge is 0.319 e. The molecule has 0 unspecified atom stereocenters. The number of fused-ring (bicyclic) bond motifs is 3. The van der Waals surface area contributed by atoms with E-state index in [1.807, 2.05) is 0 Å². The molecule has 0 N–H and O–H groups in total. The van der Waals surface area contributed by atoms with E-state index in [9.17, 15) is 8.78 Å². The Morgan fingerprint density at radius 3 is 2.78 bits per heavy atom. The monoisotopic (exact) mass is 631 g/mol. The summed E-state index contributed by atoms with van der Waals surface area (Å²) in [5.74, 6) is 2.01. The van der Waals surface area contributed by atoms with Crippen LogP contribution >= 0.6 is 0 Å². The van der Waals surface area contributed by atoms with Crippen LogP contribution in [0.15, 0.2) is 30.5 Å². The van der Waals surface area contributed by atoms with Gasteiger partial charge in [0.05, 0.1) is 16.5 Å². The van der Waals surface area contributed by atoms with E-state index in [1.165, 1.54) is 13.2 Å². The van der Waals surface area contributed by atoms with Crippen molar-refractivity contribution in [3.63, 3.8) is 0 Å². The van der Waals surface area contributed by atoms with Gasteiger partial charge in [-0.3, -0.25) is 9.88 Å². The molecule has 0 bridgehead atoms. The summed E-state index contributed by atoms with van der Waals surface area (Å²) in [6.45, 7) is 4.24. The van der Waals surface area contributed by atoms with Crippen molar-refractivity contribution >= 4 is 27.5 Å². The third-order valence-electron chi connectivity index (χ3n) is 9.73. The topological polar surface area (TPSA) is 72.8 Å². The first-order valence-corrected chi connectivity index (χ1v) is 15.8. The van der Waals surface area contributed by atoms with Gasteiger partial charge in [0.1, 0.15) is 41.4 Å². The number of benzene rings is 2. The first-order valence-electron chi connectivity index (χ1n) is 15.8. The molecule has 3 atom stereocenters. The highest BCUT2D eigenvalue weighted by Gasteiger charge is 2.49. The lowest BCUT2D eigenvalue weighted by atomic mass is 9.95. The number of aromatic nitrogens is 3. The summed E-state index contributed by atoms with van der Waals surface area (Å²) < 4.78 is 63.4. The van der Waals surface area contributed by atoms with Crippen LogP contribution in [0, 0.1) is 24.0 Å². The van der Waals surface area contributed by atoms with Crippen LogP contribution in [-0.4, -0.2) is 77.7 Å². The number of hydrogen-bond donors (Lipinski definition) is 0. The number of rotatable bonds is 8. The minimum atomic E-state index is -0.909. The summed E-state index contributed by atoms with van der Waals surface area (Å²) in [5.41, 5.74) is -0.223. The molecule has 0 saturated carbocycles. The lowest BCUT2D eigenvalue weighted by Crippen LogP contribution is -2.43. The van der Waals surface area contributed by atoms with E-state index in [0.717, 1.165) is 45.2 Å². The van der Waals surface area contributed by atoms with Crippen LogP contribution in [0.1, 0.15) is 51.0 Å². The minimum absolute atomic E-state index is 0.00951. The minimum Gasteiger partial charge on any atom is -0.468 e. The van der Waals surface area contributed by atoms with E-state index < -0.39 is 23.3 Å². The molecule has 0 aliphatic carbocycles. The predicted molar refractivity (Wildman–Crippen MR) is 170 cm³/mol. The number of anilines is 1. The third-order valence-corrected chi connectivity index (χ3v) is 9.73. The van der Waals surface area contributed by atoms with E-state index in [4.69, 9.17) is 25.6 Å². The van der Waals surface area contributed by atoms with Crippen LogP contribution in [0.5, 0.6) is 11.8 Å². The molecular formula is C35H36F3N5O3. The summed E-state index contributed by atoms with van der Waals surface area (Å²) >= 11 is 0. The fourth-order valence-electron chi connectivity index (χ4n) is 7.50. The summed E-state index contributed by atoms with van der Waals surface area (Å²) in [4.78, 5) is 18.3. The van der Waals surface area contributed by atoms with Gasteiger partial charge in [0, 0.05) is 49.8 Å². The van der Waals surface area contributed by atoms with Crippen LogP contribution < -0.4 is 14.4 Å². The fourth-order valence-corrected chi connectivity index (χ4v) is 7.50. The second-order valence-corrected chi connectivity index (χ2v) is 12.6. The Morgan fingerprint density at radius 2 is 1.98 bits per heavy atom. The van der Waals surface area contributed by atoms with Crippen molar-refractivity contribution in [1.29, 1.82) is 0 Å². The summed E-state index contributed by atoms with van der Waals surface area (Å²) in [7, 11) is 1.49. The van der Waals surface area contributed by atoms with E-state index in [-0.39, 0.29) is 47.8 Å². The molecule has 8 nitrogen and oxygen atoms in total. The zero-order chi connectivity index (χ0) is 32.0. The highest BCUT2D eigenvalue weighted by Crippen LogP contribution is 2.42. The number of hydrogen-bond acceptors (Lipinski definition) is 8. The number of alkyl halides is 1. The number of methoxy groups -OCH3 is 1. The second-order valence-electron chi connectivity index (χ2n) is 12.6. The number of pyridine rings is 1. The summed E-state index contributed by atoms with van der Waals surface area (Å²) in [6, 6.07) is 6.29. The van der Waals surface area contributed by atoms with Gasteiger partial charge in [-0.1, -0.05) is 12.0 Å². The molecular weight excluding hydrogens is 595 g/mol. The molecule has 5 heterocycles. The average Bonchev–Trinajstić information content (AvgIpc) is 3.58. The number of piperidine rings is 1. The van der Waals surface area contributed by atoms with Crippen LogP contribution in [0.3, 0.4) is 0 Å². The van der Waals surface area contributed by atoms with E-state index >= 15 is 4.39 Å². The lowest BCUT2D eigenvalue weighted by molar-refractivity contribution is 0.0512. The van der Waals surface area contributed by atoms with Crippen LogP contribution in [-0.2, 0) is 4.74 Å². The van der Waals surface area contributed by atoms with Gasteiger partial charge in [-0.2, -0.15) is 9.97 Å². The number of halogens is 3. The van der Waals surface area contributed by atoms with Gasteiger partial charge in [0.25, 0.3) is 0 Å². The zero-order valence-electron chi connectivity index (χ0n) is 26.0. The van der Waals surface area contributed by atoms with Gasteiger partial charge in [0.2, 0.25) is 0 Å². The molecule has 3 saturated heterocycles. The molecule has 11 heteroatoms. The SMILES string of the molecule is C#Cc1c(F)ccc2cc(OCOC)cc(-c3ncc4c(N5CCCC[C@@H]5C)nc(OC[C@@]56CCCN5C[C@H](F)C6)nc4c3F)c12. The summed E-state index contributed by atoms with van der Waals surface area (Å²) in [5, 5.41) is 1.32. The normalized spacial score (nSPS) is 23.2. The number of terminal acetylenes is 1. The Hall–Kier alpha value is -4.14. The quantitative estimate of drug-likeness (QED) is 0.163. The molecule has 7 rings (SSSR count). The maximum absolute atomic E-state index is 16.9. The molecule has 240 valence electrons. The molecule has 3 fully saturated rings. The Balaban J connectivity index is 1.39. The first kappa shape index (κ1) is 30.5. The van der Waals surface area contributed by atoms with Gasteiger partial charge in [0.15, 0.2) is 12.6 Å². The van der Waals surface area contributed by atoms with Crippen molar-refractivity contribution in [1.82, 2.24) is 19.9 Å². The molecule has 3 aliphatic rings. The van der Waals surface area contributed by atoms with Crippen molar-refractivity contribution in [2.45, 2.75) is 63.2 Å².